The average Bonchev–Trinajstić information content (AvgIpc) is 3.16. The lowest BCUT2D eigenvalue weighted by molar-refractivity contribution is -0.151. The Labute approximate surface area is 267 Å². The van der Waals surface area contributed by atoms with Crippen LogP contribution in [0.4, 0.5) is 26.9 Å². The quantitative estimate of drug-likeness (QED) is 0.0653. The summed E-state index contributed by atoms with van der Waals surface area (Å²) in [6.07, 6.45) is 18.6. The second-order valence-corrected chi connectivity index (χ2v) is 14.1. The third kappa shape index (κ3) is 9.80. The molecule has 1 aromatic heterocycles. The number of anilines is 3. The Balaban J connectivity index is 1.22. The van der Waals surface area contributed by atoms with E-state index < -0.39 is 15.8 Å². The molecule has 8 nitrogen and oxygen atoms in total. The molecule has 1 N–H and O–H groups in total. The van der Waals surface area contributed by atoms with Gasteiger partial charge in [-0.2, -0.15) is 4.79 Å². The van der Waals surface area contributed by atoms with Crippen molar-refractivity contribution in [1.82, 2.24) is 4.90 Å². The van der Waals surface area contributed by atoms with Gasteiger partial charge in [0.2, 0.25) is 6.79 Å². The minimum absolute atomic E-state index is 0.311. The SMILES string of the molecule is CCCCCCCCCCCCCCCC(=O)OCOC(=O)[s+]1c(C)c(N2CCN(C)CC2)c2c1Nc1ccccc1N=C2. The van der Waals surface area contributed by atoms with E-state index in [9.17, 15) is 9.59 Å². The van der Waals surface area contributed by atoms with Crippen molar-refractivity contribution in [2.24, 2.45) is 4.99 Å². The smallest absolute Gasteiger partial charge is 0.428 e. The molecule has 0 saturated carbocycles. The first-order chi connectivity index (χ1) is 21.5. The lowest BCUT2D eigenvalue weighted by atomic mass is 10.0. The van der Waals surface area contributed by atoms with Gasteiger partial charge in [-0.1, -0.05) is 96.1 Å². The highest BCUT2D eigenvalue weighted by Gasteiger charge is 2.40. The Morgan fingerprint density at radius 3 is 2.14 bits per heavy atom. The number of thiophene rings is 1. The van der Waals surface area contributed by atoms with Crippen LogP contribution in [0.2, 0.25) is 0 Å². The number of benzene rings is 1. The molecule has 1 aromatic carbocycles. The van der Waals surface area contributed by atoms with Crippen LogP contribution in [0, 0.1) is 6.92 Å². The normalized spacial score (nSPS) is 14.9. The summed E-state index contributed by atoms with van der Waals surface area (Å²) in [6.45, 7) is 7.58. The molecule has 1 unspecified atom stereocenters. The maximum Gasteiger partial charge on any atom is 0.559 e. The molecular formula is C35H53N4O4S+. The molecule has 1 saturated heterocycles. The number of rotatable bonds is 18. The second-order valence-electron chi connectivity index (χ2n) is 12.2. The van der Waals surface area contributed by atoms with Crippen LogP contribution in [0.1, 0.15) is 107 Å². The number of aliphatic imine (C=N–C) groups is 1. The van der Waals surface area contributed by atoms with Gasteiger partial charge < -0.3 is 24.6 Å². The summed E-state index contributed by atoms with van der Waals surface area (Å²) in [4.78, 5) is 36.2. The standard InChI is InChI=1S/C35H53N4O4S/c1-4-5-6-7-8-9-10-11-12-13-14-15-16-21-32(40)42-27-43-35(41)44-28(2)33(39-24-22-38(3)23-25-39)29-26-36-30-19-17-18-20-31(30)37-34(29)44/h17-20,26,37H,4-16,21-25,27H2,1-3H3/q+1. The number of nitrogens with zero attached hydrogens (tertiary/aromatic N) is 3. The Morgan fingerprint density at radius 1 is 0.864 bits per heavy atom. The van der Waals surface area contributed by atoms with Crippen molar-refractivity contribution < 1.29 is 19.1 Å². The molecule has 0 spiro atoms. The number of nitrogens with one attached hydrogen (secondary N) is 1. The van der Waals surface area contributed by atoms with Crippen LogP contribution in [-0.2, 0) is 14.3 Å². The summed E-state index contributed by atoms with van der Waals surface area (Å²) < 4.78 is 10.9. The molecule has 0 bridgehead atoms. The van der Waals surface area contributed by atoms with Crippen molar-refractivity contribution in [3.05, 3.63) is 34.7 Å². The van der Waals surface area contributed by atoms with E-state index in [1.165, 1.54) is 64.2 Å². The maximum absolute atomic E-state index is 13.5. The van der Waals surface area contributed by atoms with Crippen LogP contribution in [-0.4, -0.2) is 62.4 Å². The van der Waals surface area contributed by atoms with Crippen molar-refractivity contribution in [2.45, 2.75) is 104 Å². The third-order valence-corrected chi connectivity index (χ3v) is 10.7. The number of para-hydroxylation sites is 2. The molecule has 2 aromatic rings. The van der Waals surface area contributed by atoms with E-state index in [4.69, 9.17) is 14.5 Å². The lowest BCUT2D eigenvalue weighted by Crippen LogP contribution is -2.44. The van der Waals surface area contributed by atoms with Crippen LogP contribution in [0.25, 0.3) is 0 Å². The topological polar surface area (TPSA) is 83.5 Å². The fourth-order valence-corrected chi connectivity index (χ4v) is 7.94. The number of carbonyl (C=O) groups excluding carboxylic acids is 2. The molecule has 3 heterocycles. The summed E-state index contributed by atoms with van der Waals surface area (Å²) in [5, 5.41) is 3.91. The molecular weight excluding hydrogens is 572 g/mol. The zero-order valence-corrected chi connectivity index (χ0v) is 28.0. The van der Waals surface area contributed by atoms with Gasteiger partial charge in [-0.3, -0.25) is 9.79 Å². The highest BCUT2D eigenvalue weighted by Crippen LogP contribution is 2.50. The van der Waals surface area contributed by atoms with Gasteiger partial charge >= 0.3 is 11.3 Å². The maximum atomic E-state index is 13.5. The van der Waals surface area contributed by atoms with E-state index in [0.717, 1.165) is 77.9 Å². The number of carbonyl (C=O) groups is 2. The first kappa shape index (κ1) is 34.0. The first-order valence-corrected chi connectivity index (χ1v) is 18.1. The number of fused-ring (bicyclic) bond motifs is 2. The summed E-state index contributed by atoms with van der Waals surface area (Å²) in [7, 11) is 1.16. The minimum atomic E-state index is -0.973. The monoisotopic (exact) mass is 625 g/mol. The Kier molecular flexibility index (Phi) is 14.0. The van der Waals surface area contributed by atoms with Gasteiger partial charge in [-0.25, -0.2) is 0 Å². The fraction of sp³-hybridized carbons (Fsp3) is 0.629. The fourth-order valence-electron chi connectivity index (χ4n) is 6.04. The van der Waals surface area contributed by atoms with E-state index in [0.29, 0.717) is 6.42 Å². The lowest BCUT2D eigenvalue weighted by Gasteiger charge is -2.33. The van der Waals surface area contributed by atoms with Crippen LogP contribution < -0.4 is 10.2 Å². The molecule has 4 rings (SSSR count). The second kappa shape index (κ2) is 18.2. The molecule has 1 fully saturated rings. The van der Waals surface area contributed by atoms with Gasteiger partial charge in [0.1, 0.15) is 21.7 Å². The van der Waals surface area contributed by atoms with Crippen LogP contribution in [0.15, 0.2) is 29.3 Å². The zero-order valence-electron chi connectivity index (χ0n) is 27.2. The predicted octanol–water partition coefficient (Wildman–Crippen LogP) is 9.27. The molecule has 44 heavy (non-hydrogen) atoms. The Morgan fingerprint density at radius 2 is 1.48 bits per heavy atom. The molecule has 242 valence electrons. The van der Waals surface area contributed by atoms with Gasteiger partial charge in [0.15, 0.2) is 4.88 Å². The number of piperazine rings is 1. The first-order valence-electron chi connectivity index (χ1n) is 16.9. The van der Waals surface area contributed by atoms with Gasteiger partial charge in [0.25, 0.3) is 5.00 Å². The number of hydrogen-bond donors (Lipinski definition) is 1. The Hall–Kier alpha value is -2.91. The highest BCUT2D eigenvalue weighted by atomic mass is 32.2. The van der Waals surface area contributed by atoms with Gasteiger partial charge in [-0.15, -0.1) is 0 Å². The van der Waals surface area contributed by atoms with Crippen LogP contribution in [0.5, 0.6) is 0 Å². The summed E-state index contributed by atoms with van der Waals surface area (Å²) in [5.74, 6) is -0.311. The van der Waals surface area contributed by atoms with E-state index >= 15 is 0 Å². The number of ether oxygens (including phenoxy) is 2. The zero-order chi connectivity index (χ0) is 31.1. The average molecular weight is 626 g/mol. The van der Waals surface area contributed by atoms with Crippen molar-refractivity contribution in [3.63, 3.8) is 0 Å². The molecule has 1 atom stereocenters. The van der Waals surface area contributed by atoms with Gasteiger partial charge in [0, 0.05) is 45.7 Å². The van der Waals surface area contributed by atoms with Crippen molar-refractivity contribution in [3.8, 4) is 0 Å². The van der Waals surface area contributed by atoms with E-state index in [2.05, 4.69) is 29.1 Å². The molecule has 0 amide bonds. The third-order valence-electron chi connectivity index (χ3n) is 8.70. The van der Waals surface area contributed by atoms with Crippen molar-refractivity contribution in [2.75, 3.05) is 50.2 Å². The number of esters is 1. The van der Waals surface area contributed by atoms with Gasteiger partial charge in [-0.05, 0) is 25.6 Å². The predicted molar refractivity (Wildman–Crippen MR) is 183 cm³/mol. The highest BCUT2D eigenvalue weighted by molar-refractivity contribution is 7.54. The minimum Gasteiger partial charge on any atom is -0.428 e. The summed E-state index contributed by atoms with van der Waals surface area (Å²) in [6, 6.07) is 7.84. The van der Waals surface area contributed by atoms with Crippen molar-refractivity contribution >= 4 is 50.0 Å². The number of hydrogen-bond acceptors (Lipinski definition) is 8. The molecule has 2 aliphatic heterocycles. The van der Waals surface area contributed by atoms with Crippen LogP contribution >= 0.6 is 10.5 Å². The summed E-state index contributed by atoms with van der Waals surface area (Å²) in [5.41, 5.74) is 3.67. The van der Waals surface area contributed by atoms with E-state index in [1.807, 2.05) is 37.4 Å². The number of likely N-dealkylation sites (N-methyl/N-ethyl adjacent to an activating group) is 1. The van der Waals surface area contributed by atoms with E-state index in [-0.39, 0.29) is 12.8 Å². The molecule has 0 radical (unpaired) electrons. The Bertz CT molecular complexity index is 1240. The summed E-state index contributed by atoms with van der Waals surface area (Å²) >= 11 is 0. The van der Waals surface area contributed by atoms with Gasteiger partial charge in [0.05, 0.1) is 11.4 Å². The van der Waals surface area contributed by atoms with Crippen molar-refractivity contribution in [1.29, 1.82) is 0 Å². The molecule has 0 aliphatic carbocycles. The van der Waals surface area contributed by atoms with E-state index in [1.54, 1.807) is 0 Å². The molecule has 9 heteroatoms. The largest absolute Gasteiger partial charge is 0.559 e. The molecule has 2 aliphatic rings. The van der Waals surface area contributed by atoms with Crippen LogP contribution in [0.3, 0.4) is 0 Å². The number of unbranched alkanes of at least 4 members (excludes halogenated alkanes) is 12.